The topological polar surface area (TPSA) is 73.7 Å². The number of aromatic nitrogens is 5. The summed E-state index contributed by atoms with van der Waals surface area (Å²) in [4.78, 5) is 25.0. The largest absolute Gasteiger partial charge is 0.457 e. The van der Waals surface area contributed by atoms with Crippen LogP contribution >= 0.6 is 11.3 Å². The van der Waals surface area contributed by atoms with Crippen LogP contribution < -0.4 is 4.74 Å². The van der Waals surface area contributed by atoms with Crippen LogP contribution in [-0.2, 0) is 0 Å². The molecule has 56 heavy (non-hydrogen) atoms. The fourth-order valence-corrected chi connectivity index (χ4v) is 7.96. The quantitative estimate of drug-likeness (QED) is 0.155. The molecule has 10 rings (SSSR count). The molecule has 264 valence electrons. The Morgan fingerprint density at radius 3 is 1.50 bits per heavy atom. The SMILES string of the molecule is c1ccc(-c2ccc(-c3nc(-c4ccccc4)nc(-c4cccc(Oc5ccc(-c6nc(-c7ccccc7)c7sc8ccccc8c7n6)cc5)c4)n3)cc2)cc1. The summed E-state index contributed by atoms with van der Waals surface area (Å²) in [5, 5.41) is 1.13. The standard InChI is InChI=1S/C49H31N5OS/c1-4-13-32(14-5-1)33-23-25-36(26-24-33)48-52-47(35-17-8-3-9-18-35)53-49(54-48)38-19-12-20-40(31-38)55-39-29-27-37(28-30-39)46-50-43(34-15-6-2-7-16-34)45-44(51-46)41-21-10-11-22-42(41)56-45/h1-31H. The third-order valence-corrected chi connectivity index (χ3v) is 10.8. The molecule has 3 aromatic heterocycles. The van der Waals surface area contributed by atoms with E-state index >= 15 is 0 Å². The van der Waals surface area contributed by atoms with Gasteiger partial charge in [-0.1, -0.05) is 146 Å². The monoisotopic (exact) mass is 737 g/mol. The van der Waals surface area contributed by atoms with Gasteiger partial charge in [0.15, 0.2) is 23.3 Å². The third kappa shape index (κ3) is 6.57. The van der Waals surface area contributed by atoms with Crippen molar-refractivity contribution in [2.24, 2.45) is 0 Å². The smallest absolute Gasteiger partial charge is 0.164 e. The number of benzene rings is 7. The molecule has 6 nitrogen and oxygen atoms in total. The van der Waals surface area contributed by atoms with Crippen LogP contribution in [0.4, 0.5) is 0 Å². The molecule has 0 saturated carbocycles. The first kappa shape index (κ1) is 33.2. The number of hydrogen-bond acceptors (Lipinski definition) is 7. The van der Waals surface area contributed by atoms with Gasteiger partial charge in [0.25, 0.3) is 0 Å². The fourth-order valence-electron chi connectivity index (χ4n) is 6.81. The van der Waals surface area contributed by atoms with Gasteiger partial charge in [0.05, 0.1) is 15.9 Å². The second-order valence-corrected chi connectivity index (χ2v) is 14.4. The van der Waals surface area contributed by atoms with Gasteiger partial charge >= 0.3 is 0 Å². The number of thiophene rings is 1. The van der Waals surface area contributed by atoms with E-state index in [4.69, 9.17) is 29.7 Å². The Balaban J connectivity index is 0.964. The van der Waals surface area contributed by atoms with Crippen molar-refractivity contribution in [3.8, 4) is 79.4 Å². The second kappa shape index (κ2) is 14.5. The van der Waals surface area contributed by atoms with E-state index in [1.54, 1.807) is 11.3 Å². The van der Waals surface area contributed by atoms with Crippen molar-refractivity contribution >= 4 is 31.6 Å². The molecule has 0 aliphatic carbocycles. The normalized spacial score (nSPS) is 11.2. The molecule has 0 bridgehead atoms. The maximum atomic E-state index is 6.41. The molecule has 0 atom stereocenters. The number of hydrogen-bond donors (Lipinski definition) is 0. The highest BCUT2D eigenvalue weighted by Crippen LogP contribution is 2.39. The third-order valence-electron chi connectivity index (χ3n) is 9.63. The first-order chi connectivity index (χ1) is 27.7. The Kier molecular flexibility index (Phi) is 8.59. The van der Waals surface area contributed by atoms with Crippen molar-refractivity contribution in [3.05, 3.63) is 188 Å². The van der Waals surface area contributed by atoms with Gasteiger partial charge in [-0.2, -0.15) is 0 Å². The minimum atomic E-state index is 0.560. The lowest BCUT2D eigenvalue weighted by Gasteiger charge is -2.11. The molecule has 3 heterocycles. The summed E-state index contributed by atoms with van der Waals surface area (Å²) in [5.41, 5.74) is 8.80. The van der Waals surface area contributed by atoms with Crippen LogP contribution in [0.1, 0.15) is 0 Å². The zero-order valence-corrected chi connectivity index (χ0v) is 30.8. The molecule has 0 N–H and O–H groups in total. The van der Waals surface area contributed by atoms with E-state index < -0.39 is 0 Å². The van der Waals surface area contributed by atoms with Crippen LogP contribution in [-0.4, -0.2) is 24.9 Å². The van der Waals surface area contributed by atoms with Crippen LogP contribution in [0.5, 0.6) is 11.5 Å². The molecule has 0 spiro atoms. The van der Waals surface area contributed by atoms with E-state index in [-0.39, 0.29) is 0 Å². The first-order valence-corrected chi connectivity index (χ1v) is 19.1. The van der Waals surface area contributed by atoms with Crippen molar-refractivity contribution in [3.63, 3.8) is 0 Å². The Morgan fingerprint density at radius 1 is 0.339 bits per heavy atom. The molecule has 7 aromatic carbocycles. The molecule has 0 aliphatic heterocycles. The summed E-state index contributed by atoms with van der Waals surface area (Å²) in [6.07, 6.45) is 0. The average Bonchev–Trinajstić information content (AvgIpc) is 3.66. The van der Waals surface area contributed by atoms with E-state index in [1.165, 1.54) is 4.70 Å². The molecule has 0 unspecified atom stereocenters. The van der Waals surface area contributed by atoms with Crippen LogP contribution in [0, 0.1) is 0 Å². The highest BCUT2D eigenvalue weighted by molar-refractivity contribution is 7.26. The van der Waals surface area contributed by atoms with Crippen LogP contribution in [0.25, 0.3) is 88.2 Å². The molecule has 7 heteroatoms. The predicted molar refractivity (Wildman–Crippen MR) is 227 cm³/mol. The minimum Gasteiger partial charge on any atom is -0.457 e. The molecule has 0 radical (unpaired) electrons. The maximum absolute atomic E-state index is 6.41. The van der Waals surface area contributed by atoms with Crippen molar-refractivity contribution < 1.29 is 4.74 Å². The molecule has 0 fully saturated rings. The lowest BCUT2D eigenvalue weighted by atomic mass is 10.0. The molecule has 0 saturated heterocycles. The summed E-state index contributed by atoms with van der Waals surface area (Å²) in [6, 6.07) is 63.2. The van der Waals surface area contributed by atoms with Crippen molar-refractivity contribution in [2.75, 3.05) is 0 Å². The Hall–Kier alpha value is -7.35. The number of nitrogens with zero attached hydrogens (tertiary/aromatic N) is 5. The maximum Gasteiger partial charge on any atom is 0.164 e. The van der Waals surface area contributed by atoms with Crippen LogP contribution in [0.15, 0.2) is 188 Å². The van der Waals surface area contributed by atoms with Gasteiger partial charge in [-0.3, -0.25) is 0 Å². The van der Waals surface area contributed by atoms with Gasteiger partial charge in [0, 0.05) is 37.9 Å². The number of fused-ring (bicyclic) bond motifs is 3. The molecular weight excluding hydrogens is 707 g/mol. The summed E-state index contributed by atoms with van der Waals surface area (Å²) < 4.78 is 8.69. The fraction of sp³-hybridized carbons (Fsp3) is 0. The van der Waals surface area contributed by atoms with Crippen molar-refractivity contribution in [2.45, 2.75) is 0 Å². The van der Waals surface area contributed by atoms with Gasteiger partial charge in [-0.25, -0.2) is 24.9 Å². The predicted octanol–water partition coefficient (Wildman–Crippen LogP) is 12.8. The van der Waals surface area contributed by atoms with E-state index in [0.29, 0.717) is 34.8 Å². The average molecular weight is 738 g/mol. The lowest BCUT2D eigenvalue weighted by molar-refractivity contribution is 0.483. The summed E-state index contributed by atoms with van der Waals surface area (Å²) >= 11 is 1.73. The zero-order chi connectivity index (χ0) is 37.3. The summed E-state index contributed by atoms with van der Waals surface area (Å²) in [6.45, 7) is 0. The highest BCUT2D eigenvalue weighted by Gasteiger charge is 2.17. The first-order valence-electron chi connectivity index (χ1n) is 18.3. The number of rotatable bonds is 8. The van der Waals surface area contributed by atoms with Gasteiger partial charge in [-0.05, 0) is 53.6 Å². The van der Waals surface area contributed by atoms with E-state index in [9.17, 15) is 0 Å². The van der Waals surface area contributed by atoms with Gasteiger partial charge in [0.1, 0.15) is 11.5 Å². The van der Waals surface area contributed by atoms with Crippen LogP contribution in [0.3, 0.4) is 0 Å². The van der Waals surface area contributed by atoms with Gasteiger partial charge < -0.3 is 4.74 Å². The Morgan fingerprint density at radius 2 is 0.821 bits per heavy atom. The molecule has 0 aliphatic rings. The molecular formula is C49H31N5OS. The van der Waals surface area contributed by atoms with Gasteiger partial charge in [-0.15, -0.1) is 11.3 Å². The summed E-state index contributed by atoms with van der Waals surface area (Å²) in [5.74, 6) is 3.79. The number of ether oxygens (including phenoxy) is 1. The zero-order valence-electron chi connectivity index (χ0n) is 30.0. The van der Waals surface area contributed by atoms with E-state index in [0.717, 1.165) is 60.2 Å². The molecule has 0 amide bonds. The minimum absolute atomic E-state index is 0.560. The summed E-state index contributed by atoms with van der Waals surface area (Å²) in [7, 11) is 0. The molecule has 10 aromatic rings. The Labute approximate surface area is 327 Å². The highest BCUT2D eigenvalue weighted by atomic mass is 32.1. The Bertz CT molecular complexity index is 2970. The van der Waals surface area contributed by atoms with Crippen molar-refractivity contribution in [1.29, 1.82) is 0 Å². The van der Waals surface area contributed by atoms with Crippen LogP contribution in [0.2, 0.25) is 0 Å². The van der Waals surface area contributed by atoms with Crippen molar-refractivity contribution in [1.82, 2.24) is 24.9 Å². The van der Waals surface area contributed by atoms with E-state index in [1.807, 2.05) is 115 Å². The van der Waals surface area contributed by atoms with Gasteiger partial charge in [0.2, 0.25) is 0 Å². The lowest BCUT2D eigenvalue weighted by Crippen LogP contribution is -2.00. The van der Waals surface area contributed by atoms with E-state index in [2.05, 4.69) is 72.8 Å². The second-order valence-electron chi connectivity index (χ2n) is 13.3.